The molecule has 0 amide bonds. The molecule has 2 aromatic rings. The maximum atomic E-state index is 3.44. The van der Waals surface area contributed by atoms with Crippen LogP contribution >= 0.6 is 22.7 Å². The van der Waals surface area contributed by atoms with Crippen LogP contribution in [0, 0.1) is 5.92 Å². The molecule has 1 nitrogen and oxygen atoms in total. The van der Waals surface area contributed by atoms with Gasteiger partial charge in [-0.2, -0.15) is 0 Å². The lowest BCUT2D eigenvalue weighted by Gasteiger charge is -2.15. The molecule has 0 saturated heterocycles. The molecule has 3 heteroatoms. The minimum atomic E-state index is 0.534. The molecule has 2 rings (SSSR count). The van der Waals surface area contributed by atoms with Crippen LogP contribution in [0.15, 0.2) is 17.5 Å². The zero-order valence-corrected chi connectivity index (χ0v) is 11.8. The molecule has 1 atom stereocenters. The van der Waals surface area contributed by atoms with E-state index in [4.69, 9.17) is 0 Å². The maximum absolute atomic E-state index is 3.44. The van der Waals surface area contributed by atoms with Crippen molar-refractivity contribution in [2.24, 2.45) is 5.92 Å². The Morgan fingerprint density at radius 1 is 1.25 bits per heavy atom. The van der Waals surface area contributed by atoms with Crippen molar-refractivity contribution in [2.75, 3.05) is 7.05 Å². The predicted molar refractivity (Wildman–Crippen MR) is 75.6 cm³/mol. The van der Waals surface area contributed by atoms with Crippen molar-refractivity contribution >= 4 is 32.1 Å². The minimum Gasteiger partial charge on any atom is -0.312 e. The first-order valence-corrected chi connectivity index (χ1v) is 7.54. The summed E-state index contributed by atoms with van der Waals surface area (Å²) in [5, 5.41) is 5.61. The summed E-state index contributed by atoms with van der Waals surface area (Å²) in [7, 11) is 2.07. The van der Waals surface area contributed by atoms with Crippen molar-refractivity contribution in [3.63, 3.8) is 0 Å². The van der Waals surface area contributed by atoms with Gasteiger partial charge in [0.05, 0.1) is 0 Å². The summed E-state index contributed by atoms with van der Waals surface area (Å²) >= 11 is 3.78. The van der Waals surface area contributed by atoms with Gasteiger partial charge < -0.3 is 5.32 Å². The molecule has 0 fully saturated rings. The van der Waals surface area contributed by atoms with Gasteiger partial charge in [-0.1, -0.05) is 13.8 Å². The monoisotopic (exact) mass is 253 g/mol. The molecule has 0 saturated carbocycles. The highest BCUT2D eigenvalue weighted by Gasteiger charge is 2.13. The van der Waals surface area contributed by atoms with Crippen LogP contribution in [-0.2, 0) is 0 Å². The van der Waals surface area contributed by atoms with E-state index in [1.165, 1.54) is 27.1 Å². The first kappa shape index (κ1) is 12.1. The highest BCUT2D eigenvalue weighted by molar-refractivity contribution is 7.26. The molecular weight excluding hydrogens is 234 g/mol. The molecule has 0 aliphatic carbocycles. The Morgan fingerprint density at radius 3 is 2.69 bits per heavy atom. The van der Waals surface area contributed by atoms with Crippen LogP contribution in [0.3, 0.4) is 0 Å². The van der Waals surface area contributed by atoms with Crippen molar-refractivity contribution in [1.82, 2.24) is 5.32 Å². The van der Waals surface area contributed by atoms with Crippen LogP contribution in [0.2, 0.25) is 0 Å². The Bertz CT molecular complexity index is 413. The van der Waals surface area contributed by atoms with Crippen LogP contribution in [0.25, 0.3) is 9.40 Å². The third kappa shape index (κ3) is 2.65. The van der Waals surface area contributed by atoms with Crippen LogP contribution in [-0.4, -0.2) is 7.05 Å². The first-order chi connectivity index (χ1) is 7.70. The Hall–Kier alpha value is -0.380. The van der Waals surface area contributed by atoms with Crippen molar-refractivity contribution < 1.29 is 0 Å². The van der Waals surface area contributed by atoms with Crippen LogP contribution in [0.5, 0.6) is 0 Å². The van der Waals surface area contributed by atoms with E-state index in [0.717, 1.165) is 5.92 Å². The highest BCUT2D eigenvalue weighted by atomic mass is 32.1. The van der Waals surface area contributed by atoms with E-state index in [9.17, 15) is 0 Å². The van der Waals surface area contributed by atoms with E-state index >= 15 is 0 Å². The van der Waals surface area contributed by atoms with E-state index in [0.29, 0.717) is 6.04 Å². The molecule has 0 bridgehead atoms. The van der Waals surface area contributed by atoms with E-state index < -0.39 is 0 Å². The van der Waals surface area contributed by atoms with E-state index in [-0.39, 0.29) is 0 Å². The summed E-state index contributed by atoms with van der Waals surface area (Å²) in [6.07, 6.45) is 2.53. The number of hydrogen-bond acceptors (Lipinski definition) is 3. The molecule has 0 aliphatic rings. The second-order valence-electron chi connectivity index (χ2n) is 4.61. The van der Waals surface area contributed by atoms with Crippen molar-refractivity contribution in [2.45, 2.75) is 32.7 Å². The molecule has 1 N–H and O–H groups in total. The molecule has 0 radical (unpaired) electrons. The fourth-order valence-electron chi connectivity index (χ4n) is 1.89. The normalized spacial score (nSPS) is 13.8. The Balaban J connectivity index is 2.11. The number of hydrogen-bond donors (Lipinski definition) is 1. The van der Waals surface area contributed by atoms with Gasteiger partial charge >= 0.3 is 0 Å². The summed E-state index contributed by atoms with van der Waals surface area (Å²) in [4.78, 5) is 1.49. The standard InChI is InChI=1S/C13H19NS2/c1-9(2)4-5-10(14-3)12-8-13-11(16-12)6-7-15-13/h6-10,14H,4-5H2,1-3H3. The summed E-state index contributed by atoms with van der Waals surface area (Å²) < 4.78 is 2.87. The average Bonchev–Trinajstić information content (AvgIpc) is 2.78. The molecule has 0 aliphatic heterocycles. The fourth-order valence-corrected chi connectivity index (χ4v) is 4.15. The van der Waals surface area contributed by atoms with Gasteiger partial charge in [0.25, 0.3) is 0 Å². The van der Waals surface area contributed by atoms with Crippen LogP contribution in [0.1, 0.15) is 37.6 Å². The second-order valence-corrected chi connectivity index (χ2v) is 6.67. The largest absolute Gasteiger partial charge is 0.312 e. The highest BCUT2D eigenvalue weighted by Crippen LogP contribution is 2.35. The number of fused-ring (bicyclic) bond motifs is 1. The molecule has 0 spiro atoms. The van der Waals surface area contributed by atoms with Gasteiger partial charge in [-0.15, -0.1) is 22.7 Å². The van der Waals surface area contributed by atoms with Crippen LogP contribution in [0.4, 0.5) is 0 Å². The van der Waals surface area contributed by atoms with Gasteiger partial charge in [0.15, 0.2) is 0 Å². The molecule has 88 valence electrons. The lowest BCUT2D eigenvalue weighted by molar-refractivity contribution is 0.469. The van der Waals surface area contributed by atoms with Gasteiger partial charge in [-0.3, -0.25) is 0 Å². The molecular formula is C13H19NS2. The molecule has 1 unspecified atom stereocenters. The summed E-state index contributed by atoms with van der Waals surface area (Å²) in [6.45, 7) is 4.58. The smallest absolute Gasteiger partial charge is 0.0454 e. The van der Waals surface area contributed by atoms with E-state index in [1.807, 2.05) is 22.7 Å². The minimum absolute atomic E-state index is 0.534. The van der Waals surface area contributed by atoms with Gasteiger partial charge in [-0.25, -0.2) is 0 Å². The SMILES string of the molecule is CNC(CCC(C)C)c1cc2sccc2s1. The van der Waals surface area contributed by atoms with E-state index in [1.54, 1.807) is 0 Å². The van der Waals surface area contributed by atoms with Gasteiger partial charge in [-0.05, 0) is 43.3 Å². The number of rotatable bonds is 5. The van der Waals surface area contributed by atoms with Gasteiger partial charge in [0.1, 0.15) is 0 Å². The topological polar surface area (TPSA) is 12.0 Å². The quantitative estimate of drug-likeness (QED) is 0.817. The van der Waals surface area contributed by atoms with Crippen molar-refractivity contribution in [3.8, 4) is 0 Å². The molecule has 0 aromatic carbocycles. The third-order valence-corrected chi connectivity index (χ3v) is 5.09. The maximum Gasteiger partial charge on any atom is 0.0454 e. The lowest BCUT2D eigenvalue weighted by Crippen LogP contribution is -2.15. The van der Waals surface area contributed by atoms with Crippen LogP contribution < -0.4 is 5.32 Å². The zero-order valence-electron chi connectivity index (χ0n) is 10.1. The Kier molecular flexibility index (Phi) is 4.00. The molecule has 16 heavy (non-hydrogen) atoms. The zero-order chi connectivity index (χ0) is 11.5. The molecule has 2 aromatic heterocycles. The lowest BCUT2D eigenvalue weighted by atomic mass is 10.0. The molecule has 2 heterocycles. The number of nitrogens with one attached hydrogen (secondary N) is 1. The summed E-state index contributed by atoms with van der Waals surface area (Å²) in [5.74, 6) is 0.789. The number of thiophene rings is 2. The van der Waals surface area contributed by atoms with E-state index in [2.05, 4.69) is 43.7 Å². The first-order valence-electron chi connectivity index (χ1n) is 5.85. The Labute approximate surface area is 105 Å². The average molecular weight is 253 g/mol. The second kappa shape index (κ2) is 5.30. The van der Waals surface area contributed by atoms with Crippen molar-refractivity contribution in [1.29, 1.82) is 0 Å². The summed E-state index contributed by atoms with van der Waals surface area (Å²) in [6, 6.07) is 5.11. The predicted octanol–water partition coefficient (Wildman–Crippen LogP) is 4.66. The van der Waals surface area contributed by atoms with Crippen molar-refractivity contribution in [3.05, 3.63) is 22.4 Å². The fraction of sp³-hybridized carbons (Fsp3) is 0.538. The van der Waals surface area contributed by atoms with Gasteiger partial charge in [0.2, 0.25) is 0 Å². The summed E-state index contributed by atoms with van der Waals surface area (Å²) in [5.41, 5.74) is 0. The van der Waals surface area contributed by atoms with Gasteiger partial charge in [0, 0.05) is 20.3 Å². The third-order valence-electron chi connectivity index (χ3n) is 2.88. The Morgan fingerprint density at radius 2 is 2.06 bits per heavy atom.